The van der Waals surface area contributed by atoms with Crippen LogP contribution in [0.15, 0.2) is 0 Å². The van der Waals surface area contributed by atoms with E-state index in [1.165, 1.54) is 4.88 Å². The van der Waals surface area contributed by atoms with Crippen molar-refractivity contribution in [2.45, 2.75) is 84.7 Å². The predicted molar refractivity (Wildman–Crippen MR) is 98.9 cm³/mol. The molecule has 0 aromatic carbocycles. The van der Waals surface area contributed by atoms with Crippen LogP contribution in [-0.2, 0) is 22.4 Å². The molecule has 0 bridgehead atoms. The van der Waals surface area contributed by atoms with Crippen molar-refractivity contribution in [1.82, 2.24) is 0 Å². The zero-order valence-corrected chi connectivity index (χ0v) is 15.9. The molecular formula is C19H29NO3S. The number of amides is 1. The van der Waals surface area contributed by atoms with E-state index >= 15 is 0 Å². The molecule has 0 saturated carbocycles. The number of fused-ring (bicyclic) bond motifs is 1. The highest BCUT2D eigenvalue weighted by Crippen LogP contribution is 2.38. The number of rotatable bonds is 8. The lowest BCUT2D eigenvalue weighted by atomic mass is 9.95. The topological polar surface area (TPSA) is 55.4 Å². The lowest BCUT2D eigenvalue weighted by Crippen LogP contribution is -2.17. The van der Waals surface area contributed by atoms with Gasteiger partial charge in [0, 0.05) is 11.3 Å². The Morgan fingerprint density at radius 1 is 1.17 bits per heavy atom. The van der Waals surface area contributed by atoms with Gasteiger partial charge in [-0.2, -0.15) is 0 Å². The fraction of sp³-hybridized carbons (Fsp3) is 0.684. The van der Waals surface area contributed by atoms with Crippen molar-refractivity contribution in [1.29, 1.82) is 0 Å². The van der Waals surface area contributed by atoms with Gasteiger partial charge in [0.05, 0.1) is 11.7 Å². The third kappa shape index (κ3) is 5.07. The Labute approximate surface area is 149 Å². The first-order chi connectivity index (χ1) is 11.5. The van der Waals surface area contributed by atoms with E-state index in [4.69, 9.17) is 4.74 Å². The Bertz CT molecular complexity index is 577. The molecule has 1 aliphatic carbocycles. The lowest BCUT2D eigenvalue weighted by Gasteiger charge is -2.14. The van der Waals surface area contributed by atoms with Gasteiger partial charge in [-0.3, -0.25) is 4.79 Å². The molecule has 134 valence electrons. The number of unbranched alkanes of at least 4 members (excludes halogenated alkanes) is 3. The van der Waals surface area contributed by atoms with Crippen LogP contribution in [0.5, 0.6) is 0 Å². The quantitative estimate of drug-likeness (QED) is 0.523. The molecule has 24 heavy (non-hydrogen) atoms. The van der Waals surface area contributed by atoms with Crippen LogP contribution in [0.25, 0.3) is 0 Å². The number of carbonyl (C=O) groups is 2. The molecule has 0 aliphatic heterocycles. The smallest absolute Gasteiger partial charge is 0.341 e. The zero-order valence-electron chi connectivity index (χ0n) is 15.1. The maximum Gasteiger partial charge on any atom is 0.341 e. The van der Waals surface area contributed by atoms with Gasteiger partial charge in [0.2, 0.25) is 5.91 Å². The summed E-state index contributed by atoms with van der Waals surface area (Å²) in [4.78, 5) is 26.0. The average molecular weight is 352 g/mol. The van der Waals surface area contributed by atoms with Gasteiger partial charge in [-0.1, -0.05) is 26.2 Å². The molecule has 0 fully saturated rings. The second-order valence-electron chi connectivity index (χ2n) is 6.73. The number of aryl methyl sites for hydroxylation is 1. The summed E-state index contributed by atoms with van der Waals surface area (Å²) in [6.07, 6.45) is 8.79. The lowest BCUT2D eigenvalue weighted by molar-refractivity contribution is -0.116. The molecule has 1 aromatic heterocycles. The number of ether oxygens (including phenoxy) is 1. The van der Waals surface area contributed by atoms with Gasteiger partial charge in [-0.25, -0.2) is 4.79 Å². The van der Waals surface area contributed by atoms with Gasteiger partial charge in [0.25, 0.3) is 0 Å². The number of esters is 1. The minimum atomic E-state index is -0.300. The first-order valence-corrected chi connectivity index (χ1v) is 10.00. The van der Waals surface area contributed by atoms with Crippen molar-refractivity contribution in [3.63, 3.8) is 0 Å². The van der Waals surface area contributed by atoms with Gasteiger partial charge in [-0.05, 0) is 51.5 Å². The third-order valence-corrected chi connectivity index (χ3v) is 5.44. The molecular weight excluding hydrogens is 322 g/mol. The Hall–Kier alpha value is -1.36. The summed E-state index contributed by atoms with van der Waals surface area (Å²) in [6, 6.07) is 0. The molecule has 0 atom stereocenters. The standard InChI is InChI=1S/C19H29NO3S/c1-4-5-6-7-12-16(21)20-18-17(19(22)23-13(2)3)14-10-8-9-11-15(14)24-18/h13H,4-12H2,1-3H3,(H,20,21). The van der Waals surface area contributed by atoms with Crippen LogP contribution < -0.4 is 5.32 Å². The molecule has 1 N–H and O–H groups in total. The van der Waals surface area contributed by atoms with E-state index in [1.807, 2.05) is 13.8 Å². The van der Waals surface area contributed by atoms with Crippen molar-refractivity contribution in [3.05, 3.63) is 16.0 Å². The first-order valence-electron chi connectivity index (χ1n) is 9.18. The van der Waals surface area contributed by atoms with Gasteiger partial charge in [-0.15, -0.1) is 11.3 Å². The number of anilines is 1. The summed E-state index contributed by atoms with van der Waals surface area (Å²) in [7, 11) is 0. The highest BCUT2D eigenvalue weighted by Gasteiger charge is 2.27. The Balaban J connectivity index is 2.11. The second kappa shape index (κ2) is 9.21. The Morgan fingerprint density at radius 3 is 2.62 bits per heavy atom. The average Bonchev–Trinajstić information content (AvgIpc) is 2.88. The van der Waals surface area contributed by atoms with E-state index in [9.17, 15) is 9.59 Å². The van der Waals surface area contributed by atoms with Gasteiger partial charge in [0.1, 0.15) is 5.00 Å². The number of hydrogen-bond donors (Lipinski definition) is 1. The molecule has 4 nitrogen and oxygen atoms in total. The third-order valence-electron chi connectivity index (χ3n) is 4.23. The summed E-state index contributed by atoms with van der Waals surface area (Å²) in [5.41, 5.74) is 1.70. The molecule has 2 rings (SSSR count). The molecule has 0 saturated heterocycles. The largest absolute Gasteiger partial charge is 0.459 e. The number of nitrogens with one attached hydrogen (secondary N) is 1. The molecule has 0 radical (unpaired) electrons. The summed E-state index contributed by atoms with van der Waals surface area (Å²) < 4.78 is 5.41. The molecule has 0 unspecified atom stereocenters. The van der Waals surface area contributed by atoms with E-state index in [0.29, 0.717) is 17.0 Å². The fourth-order valence-corrected chi connectivity index (χ4v) is 4.34. The molecule has 0 spiro atoms. The van der Waals surface area contributed by atoms with E-state index < -0.39 is 0 Å². The van der Waals surface area contributed by atoms with Gasteiger partial charge < -0.3 is 10.1 Å². The van der Waals surface area contributed by atoms with Crippen molar-refractivity contribution < 1.29 is 14.3 Å². The van der Waals surface area contributed by atoms with Crippen LogP contribution in [0.1, 0.15) is 86.5 Å². The Kier molecular flexibility index (Phi) is 7.28. The first kappa shape index (κ1) is 19.0. The number of thiophene rings is 1. The van der Waals surface area contributed by atoms with E-state index in [0.717, 1.165) is 56.9 Å². The van der Waals surface area contributed by atoms with E-state index in [2.05, 4.69) is 12.2 Å². The molecule has 1 heterocycles. The minimum Gasteiger partial charge on any atom is -0.459 e. The normalized spacial score (nSPS) is 13.7. The molecule has 5 heteroatoms. The van der Waals surface area contributed by atoms with Crippen LogP contribution in [-0.4, -0.2) is 18.0 Å². The summed E-state index contributed by atoms with van der Waals surface area (Å²) in [6.45, 7) is 5.86. The van der Waals surface area contributed by atoms with Crippen molar-refractivity contribution in [3.8, 4) is 0 Å². The summed E-state index contributed by atoms with van der Waals surface area (Å²) >= 11 is 1.56. The van der Waals surface area contributed by atoms with Crippen LogP contribution in [0, 0.1) is 0 Å². The van der Waals surface area contributed by atoms with Crippen LogP contribution in [0.3, 0.4) is 0 Å². The SMILES string of the molecule is CCCCCCC(=O)Nc1sc2c(c1C(=O)OC(C)C)CCCC2. The van der Waals surface area contributed by atoms with E-state index in [1.54, 1.807) is 11.3 Å². The maximum atomic E-state index is 12.5. The van der Waals surface area contributed by atoms with Crippen LogP contribution >= 0.6 is 11.3 Å². The molecule has 1 aromatic rings. The fourth-order valence-electron chi connectivity index (χ4n) is 3.04. The van der Waals surface area contributed by atoms with Gasteiger partial charge >= 0.3 is 5.97 Å². The monoisotopic (exact) mass is 351 g/mol. The number of hydrogen-bond acceptors (Lipinski definition) is 4. The molecule has 1 amide bonds. The maximum absolute atomic E-state index is 12.5. The Morgan fingerprint density at radius 2 is 1.92 bits per heavy atom. The second-order valence-corrected chi connectivity index (χ2v) is 7.83. The van der Waals surface area contributed by atoms with Crippen molar-refractivity contribution in [2.75, 3.05) is 5.32 Å². The van der Waals surface area contributed by atoms with Crippen molar-refractivity contribution in [2.24, 2.45) is 0 Å². The summed E-state index contributed by atoms with van der Waals surface area (Å²) in [5.74, 6) is -0.297. The minimum absolute atomic E-state index is 0.00305. The molecule has 1 aliphatic rings. The van der Waals surface area contributed by atoms with Crippen molar-refractivity contribution >= 4 is 28.2 Å². The highest BCUT2D eigenvalue weighted by atomic mass is 32.1. The number of carbonyl (C=O) groups excluding carboxylic acids is 2. The predicted octanol–water partition coefficient (Wildman–Crippen LogP) is 5.10. The van der Waals surface area contributed by atoms with Crippen LogP contribution in [0.2, 0.25) is 0 Å². The van der Waals surface area contributed by atoms with E-state index in [-0.39, 0.29) is 18.0 Å². The highest BCUT2D eigenvalue weighted by molar-refractivity contribution is 7.17. The van der Waals surface area contributed by atoms with Crippen LogP contribution in [0.4, 0.5) is 5.00 Å². The summed E-state index contributed by atoms with van der Waals surface area (Å²) in [5, 5.41) is 3.67. The van der Waals surface area contributed by atoms with Gasteiger partial charge in [0.15, 0.2) is 0 Å². The zero-order chi connectivity index (χ0) is 17.5.